The third-order valence-electron chi connectivity index (χ3n) is 4.56. The topological polar surface area (TPSA) is 86.7 Å². The van der Waals surface area contributed by atoms with Crippen molar-refractivity contribution in [2.75, 3.05) is 24.6 Å². The number of nitrogens with zero attached hydrogens (tertiary/aromatic N) is 1. The lowest BCUT2D eigenvalue weighted by Crippen LogP contribution is -2.70. The van der Waals surface area contributed by atoms with Gasteiger partial charge in [0.25, 0.3) is 0 Å². The highest BCUT2D eigenvalue weighted by atomic mass is 32.2. The van der Waals surface area contributed by atoms with E-state index in [9.17, 15) is 18.3 Å². The first-order chi connectivity index (χ1) is 10.8. The second-order valence-electron chi connectivity index (χ2n) is 6.94. The molecule has 126 valence electrons. The number of sulfone groups is 1. The molecular weight excluding hydrogens is 316 g/mol. The van der Waals surface area contributed by atoms with Crippen LogP contribution in [0.3, 0.4) is 0 Å². The van der Waals surface area contributed by atoms with E-state index in [2.05, 4.69) is 5.32 Å². The molecule has 1 aromatic rings. The Bertz CT molecular complexity index is 679. The molecule has 2 saturated heterocycles. The molecule has 1 spiro atoms. The Labute approximate surface area is 136 Å². The first kappa shape index (κ1) is 16.1. The van der Waals surface area contributed by atoms with E-state index in [-0.39, 0.29) is 34.7 Å². The summed E-state index contributed by atoms with van der Waals surface area (Å²) in [5, 5.41) is 12.2. The van der Waals surface area contributed by atoms with Crippen molar-refractivity contribution in [1.82, 2.24) is 10.2 Å². The molecule has 1 aromatic carbocycles. The minimum Gasteiger partial charge on any atom is -0.508 e. The molecule has 0 aliphatic carbocycles. The van der Waals surface area contributed by atoms with E-state index in [4.69, 9.17) is 0 Å². The summed E-state index contributed by atoms with van der Waals surface area (Å²) < 4.78 is 22.5. The van der Waals surface area contributed by atoms with Gasteiger partial charge in [-0.15, -0.1) is 0 Å². The molecule has 7 heteroatoms. The van der Waals surface area contributed by atoms with E-state index in [1.807, 2.05) is 19.1 Å². The minimum absolute atomic E-state index is 0.0398. The monoisotopic (exact) mass is 338 g/mol. The van der Waals surface area contributed by atoms with Crippen molar-refractivity contribution in [1.29, 1.82) is 0 Å². The van der Waals surface area contributed by atoms with E-state index >= 15 is 0 Å². The summed E-state index contributed by atoms with van der Waals surface area (Å²) in [6.07, 6.45) is 1.63. The van der Waals surface area contributed by atoms with Gasteiger partial charge in [0, 0.05) is 24.5 Å². The lowest BCUT2D eigenvalue weighted by atomic mass is 9.83. The van der Waals surface area contributed by atoms with Gasteiger partial charge in [-0.1, -0.05) is 12.1 Å². The van der Waals surface area contributed by atoms with Crippen LogP contribution >= 0.6 is 0 Å². The number of benzene rings is 1. The summed E-state index contributed by atoms with van der Waals surface area (Å²) in [6, 6.07) is 6.99. The summed E-state index contributed by atoms with van der Waals surface area (Å²) in [7, 11) is -2.84. The largest absolute Gasteiger partial charge is 0.508 e. The number of amides is 2. The molecule has 6 nitrogen and oxygen atoms in total. The van der Waals surface area contributed by atoms with Crippen molar-refractivity contribution in [3.05, 3.63) is 29.8 Å². The Morgan fingerprint density at radius 2 is 1.91 bits per heavy atom. The SMILES string of the molecule is CC(CCc1ccc(O)cc1)NC(=O)N1CC2(C1)CS(=O)(=O)C2. The third-order valence-corrected chi connectivity index (χ3v) is 6.67. The summed E-state index contributed by atoms with van der Waals surface area (Å²) in [4.78, 5) is 13.8. The molecule has 2 aliphatic heterocycles. The number of rotatable bonds is 4. The predicted octanol–water partition coefficient (Wildman–Crippen LogP) is 1.15. The van der Waals surface area contributed by atoms with Crippen LogP contribution in [0.5, 0.6) is 5.75 Å². The van der Waals surface area contributed by atoms with E-state index in [0.717, 1.165) is 18.4 Å². The molecule has 1 atom stereocenters. The number of carbonyl (C=O) groups excluding carboxylic acids is 1. The molecule has 0 aromatic heterocycles. The molecule has 23 heavy (non-hydrogen) atoms. The van der Waals surface area contributed by atoms with E-state index in [1.165, 1.54) is 0 Å². The third kappa shape index (κ3) is 3.60. The van der Waals surface area contributed by atoms with E-state index in [0.29, 0.717) is 13.1 Å². The highest BCUT2D eigenvalue weighted by Crippen LogP contribution is 2.41. The smallest absolute Gasteiger partial charge is 0.317 e. The minimum atomic E-state index is -2.84. The van der Waals surface area contributed by atoms with Crippen LogP contribution in [0.4, 0.5) is 4.79 Å². The Balaban J connectivity index is 1.39. The van der Waals surface area contributed by atoms with E-state index < -0.39 is 9.84 Å². The highest BCUT2D eigenvalue weighted by molar-refractivity contribution is 7.92. The highest BCUT2D eigenvalue weighted by Gasteiger charge is 2.57. The molecule has 2 N–H and O–H groups in total. The van der Waals surface area contributed by atoms with Crippen molar-refractivity contribution >= 4 is 15.9 Å². The van der Waals surface area contributed by atoms with Crippen molar-refractivity contribution in [3.63, 3.8) is 0 Å². The second kappa shape index (κ2) is 5.70. The number of likely N-dealkylation sites (tertiary alicyclic amines) is 1. The molecule has 3 rings (SSSR count). The summed E-state index contributed by atoms with van der Waals surface area (Å²) in [5.41, 5.74) is 0.956. The molecule has 2 aliphatic rings. The predicted molar refractivity (Wildman–Crippen MR) is 87.1 cm³/mol. The number of urea groups is 1. The average molecular weight is 338 g/mol. The van der Waals surface area contributed by atoms with Gasteiger partial charge in [-0.3, -0.25) is 0 Å². The summed E-state index contributed by atoms with van der Waals surface area (Å²) in [5.74, 6) is 0.695. The first-order valence-electron chi connectivity index (χ1n) is 7.81. The molecule has 1 unspecified atom stereocenters. The van der Waals surface area contributed by atoms with Crippen molar-refractivity contribution in [2.45, 2.75) is 25.8 Å². The molecule has 0 bridgehead atoms. The van der Waals surface area contributed by atoms with Gasteiger partial charge in [-0.05, 0) is 37.5 Å². The number of hydrogen-bond donors (Lipinski definition) is 2. The number of aromatic hydroxyl groups is 1. The fraction of sp³-hybridized carbons (Fsp3) is 0.562. The van der Waals surface area contributed by atoms with Crippen molar-refractivity contribution < 1.29 is 18.3 Å². The maximum Gasteiger partial charge on any atom is 0.317 e. The van der Waals surface area contributed by atoms with Gasteiger partial charge >= 0.3 is 6.03 Å². The zero-order chi connectivity index (χ0) is 16.7. The maximum atomic E-state index is 12.1. The van der Waals surface area contributed by atoms with Crippen LogP contribution in [-0.4, -0.2) is 55.1 Å². The van der Waals surface area contributed by atoms with Gasteiger partial charge in [0.05, 0.1) is 11.5 Å². The van der Waals surface area contributed by atoms with Crippen LogP contribution in [0.1, 0.15) is 18.9 Å². The molecule has 0 saturated carbocycles. The fourth-order valence-electron chi connectivity index (χ4n) is 3.40. The van der Waals surface area contributed by atoms with Gasteiger partial charge in [0.15, 0.2) is 9.84 Å². The van der Waals surface area contributed by atoms with Crippen molar-refractivity contribution in [3.8, 4) is 5.75 Å². The number of nitrogens with one attached hydrogen (secondary N) is 1. The molecule has 2 fully saturated rings. The van der Waals surface area contributed by atoms with Crippen molar-refractivity contribution in [2.24, 2.45) is 5.41 Å². The van der Waals surface area contributed by atoms with Crippen LogP contribution in [0.15, 0.2) is 24.3 Å². The van der Waals surface area contributed by atoms with Gasteiger partial charge in [-0.2, -0.15) is 0 Å². The number of phenolic OH excluding ortho intramolecular Hbond substituents is 1. The number of carbonyl (C=O) groups is 1. The number of hydrogen-bond acceptors (Lipinski definition) is 4. The molecular formula is C16H22N2O4S. The van der Waals surface area contributed by atoms with Crippen LogP contribution in [0.25, 0.3) is 0 Å². The van der Waals surface area contributed by atoms with Crippen LogP contribution < -0.4 is 5.32 Å². The van der Waals surface area contributed by atoms with Gasteiger partial charge < -0.3 is 15.3 Å². The Hall–Kier alpha value is -1.76. The zero-order valence-corrected chi connectivity index (χ0v) is 14.0. The Kier molecular flexibility index (Phi) is 4.00. The van der Waals surface area contributed by atoms with Crippen LogP contribution in [-0.2, 0) is 16.3 Å². The normalized spacial score (nSPS) is 22.0. The number of phenols is 1. The lowest BCUT2D eigenvalue weighted by molar-refractivity contribution is 0.0539. The maximum absolute atomic E-state index is 12.1. The molecule has 0 radical (unpaired) electrons. The second-order valence-corrected chi connectivity index (χ2v) is 9.01. The zero-order valence-electron chi connectivity index (χ0n) is 13.2. The van der Waals surface area contributed by atoms with Crippen LogP contribution in [0.2, 0.25) is 0 Å². The average Bonchev–Trinajstić information content (AvgIpc) is 2.41. The molecule has 2 amide bonds. The Morgan fingerprint density at radius 3 is 2.48 bits per heavy atom. The Morgan fingerprint density at radius 1 is 1.30 bits per heavy atom. The fourth-order valence-corrected chi connectivity index (χ4v) is 5.55. The summed E-state index contributed by atoms with van der Waals surface area (Å²) in [6.45, 7) is 3.05. The quantitative estimate of drug-likeness (QED) is 0.862. The molecule has 2 heterocycles. The summed E-state index contributed by atoms with van der Waals surface area (Å²) >= 11 is 0. The number of aryl methyl sites for hydroxylation is 1. The first-order valence-corrected chi connectivity index (χ1v) is 9.63. The van der Waals surface area contributed by atoms with Gasteiger partial charge in [0.1, 0.15) is 5.75 Å². The lowest BCUT2D eigenvalue weighted by Gasteiger charge is -2.54. The van der Waals surface area contributed by atoms with E-state index in [1.54, 1.807) is 17.0 Å². The van der Waals surface area contributed by atoms with Crippen LogP contribution in [0, 0.1) is 5.41 Å². The van der Waals surface area contributed by atoms with Gasteiger partial charge in [0.2, 0.25) is 0 Å². The van der Waals surface area contributed by atoms with Gasteiger partial charge in [-0.25, -0.2) is 13.2 Å². The standard InChI is InChI=1S/C16H22N2O4S/c1-12(2-3-13-4-6-14(19)7-5-13)17-15(20)18-8-16(9-18)10-23(21,22)11-16/h4-7,12,19H,2-3,8-11H2,1H3,(H,17,20).